The fourth-order valence-electron chi connectivity index (χ4n) is 1.29. The highest BCUT2D eigenvalue weighted by molar-refractivity contribution is 5.88. The highest BCUT2D eigenvalue weighted by Gasteiger charge is 2.21. The van der Waals surface area contributed by atoms with Crippen molar-refractivity contribution in [2.24, 2.45) is 0 Å². The summed E-state index contributed by atoms with van der Waals surface area (Å²) in [6, 6.07) is 4.25. The van der Waals surface area contributed by atoms with E-state index in [1.165, 1.54) is 18.2 Å². The summed E-state index contributed by atoms with van der Waals surface area (Å²) in [4.78, 5) is 21.1. The van der Waals surface area contributed by atoms with Gasteiger partial charge in [0.05, 0.1) is 5.56 Å². The lowest BCUT2D eigenvalue weighted by Crippen LogP contribution is -2.30. The minimum Gasteiger partial charge on any atom is -0.485 e. The van der Waals surface area contributed by atoms with Crippen LogP contribution in [-0.4, -0.2) is 30.1 Å². The van der Waals surface area contributed by atoms with E-state index in [4.69, 9.17) is 14.6 Å². The maximum Gasteiger partial charge on any atom is 0.335 e. The molecule has 1 aliphatic rings. The first kappa shape index (κ1) is 9.51. The Morgan fingerprint density at radius 3 is 2.93 bits per heavy atom. The van der Waals surface area contributed by atoms with Crippen molar-refractivity contribution in [1.29, 1.82) is 0 Å². The van der Waals surface area contributed by atoms with Crippen LogP contribution in [0.4, 0.5) is 0 Å². The molecule has 1 atom stereocenters. The number of hydrogen-bond acceptors (Lipinski definition) is 4. The van der Waals surface area contributed by atoms with E-state index < -0.39 is 12.1 Å². The van der Waals surface area contributed by atoms with Crippen LogP contribution in [0.3, 0.4) is 0 Å². The predicted molar refractivity (Wildman–Crippen MR) is 49.4 cm³/mol. The number of carbonyl (C=O) groups is 2. The largest absolute Gasteiger partial charge is 0.485 e. The van der Waals surface area contributed by atoms with Gasteiger partial charge in [-0.3, -0.25) is 4.79 Å². The van der Waals surface area contributed by atoms with Crippen molar-refractivity contribution in [3.63, 3.8) is 0 Å². The lowest BCUT2D eigenvalue weighted by atomic mass is 10.2. The molecule has 1 unspecified atom stereocenters. The van der Waals surface area contributed by atoms with Gasteiger partial charge in [0.25, 0.3) is 0 Å². The first-order chi connectivity index (χ1) is 7.20. The van der Waals surface area contributed by atoms with Crippen molar-refractivity contribution in [3.05, 3.63) is 23.8 Å². The molecule has 0 amide bonds. The van der Waals surface area contributed by atoms with E-state index in [0.29, 0.717) is 17.8 Å². The molecule has 5 nitrogen and oxygen atoms in total. The second kappa shape index (κ2) is 3.61. The molecular weight excluding hydrogens is 200 g/mol. The number of carboxylic acids is 1. The Morgan fingerprint density at radius 2 is 2.27 bits per heavy atom. The molecule has 1 N–H and O–H groups in total. The maximum atomic E-state index is 10.7. The molecule has 0 bridgehead atoms. The monoisotopic (exact) mass is 208 g/mol. The Balaban J connectivity index is 2.32. The summed E-state index contributed by atoms with van der Waals surface area (Å²) in [5, 5.41) is 8.73. The van der Waals surface area contributed by atoms with E-state index in [0.717, 1.165) is 0 Å². The van der Waals surface area contributed by atoms with E-state index in [2.05, 4.69) is 0 Å². The average Bonchev–Trinajstić information content (AvgIpc) is 2.27. The molecule has 1 aromatic rings. The topological polar surface area (TPSA) is 72.8 Å². The van der Waals surface area contributed by atoms with Gasteiger partial charge in [0.1, 0.15) is 6.61 Å². The van der Waals surface area contributed by atoms with Crippen LogP contribution in [-0.2, 0) is 4.79 Å². The van der Waals surface area contributed by atoms with E-state index in [-0.39, 0.29) is 12.2 Å². The van der Waals surface area contributed by atoms with Crippen LogP contribution in [0.25, 0.3) is 0 Å². The van der Waals surface area contributed by atoms with Gasteiger partial charge in [-0.05, 0) is 18.2 Å². The minimum atomic E-state index is -1.03. The molecule has 0 fully saturated rings. The molecule has 5 heteroatoms. The highest BCUT2D eigenvalue weighted by atomic mass is 16.6. The Morgan fingerprint density at radius 1 is 1.47 bits per heavy atom. The van der Waals surface area contributed by atoms with Crippen LogP contribution in [0, 0.1) is 0 Å². The molecule has 1 heterocycles. The number of hydrogen-bond donors (Lipinski definition) is 1. The Kier molecular flexibility index (Phi) is 2.29. The van der Waals surface area contributed by atoms with Crippen LogP contribution in [0.1, 0.15) is 10.4 Å². The zero-order valence-electron chi connectivity index (χ0n) is 7.67. The third-order valence-electron chi connectivity index (χ3n) is 2.02. The molecular formula is C10H8O5. The van der Waals surface area contributed by atoms with Crippen molar-refractivity contribution in [2.45, 2.75) is 6.10 Å². The number of fused-ring (bicyclic) bond motifs is 1. The van der Waals surface area contributed by atoms with Gasteiger partial charge in [-0.15, -0.1) is 0 Å². The first-order valence-corrected chi connectivity index (χ1v) is 4.33. The summed E-state index contributed by atoms with van der Waals surface area (Å²) in [7, 11) is 0. The lowest BCUT2D eigenvalue weighted by molar-refractivity contribution is -0.115. The summed E-state index contributed by atoms with van der Waals surface area (Å²) in [6.45, 7) is 0.111. The Hall–Kier alpha value is -2.04. The van der Waals surface area contributed by atoms with E-state index in [9.17, 15) is 9.59 Å². The van der Waals surface area contributed by atoms with Gasteiger partial charge < -0.3 is 14.6 Å². The van der Waals surface area contributed by atoms with Crippen LogP contribution in [0.2, 0.25) is 0 Å². The molecule has 0 spiro atoms. The Labute approximate surface area is 85.2 Å². The molecule has 78 valence electrons. The maximum absolute atomic E-state index is 10.7. The zero-order valence-corrected chi connectivity index (χ0v) is 7.67. The van der Waals surface area contributed by atoms with E-state index in [1.54, 1.807) is 0 Å². The summed E-state index contributed by atoms with van der Waals surface area (Å²) < 4.78 is 10.4. The van der Waals surface area contributed by atoms with Crippen molar-refractivity contribution in [1.82, 2.24) is 0 Å². The van der Waals surface area contributed by atoms with E-state index >= 15 is 0 Å². The fraction of sp³-hybridized carbons (Fsp3) is 0.200. The van der Waals surface area contributed by atoms with Crippen LogP contribution < -0.4 is 9.47 Å². The predicted octanol–water partition coefficient (Wildman–Crippen LogP) is 0.724. The Bertz CT molecular complexity index is 412. The zero-order chi connectivity index (χ0) is 10.8. The van der Waals surface area contributed by atoms with Gasteiger partial charge >= 0.3 is 5.97 Å². The van der Waals surface area contributed by atoms with Crippen molar-refractivity contribution >= 4 is 12.3 Å². The van der Waals surface area contributed by atoms with Gasteiger partial charge in [-0.1, -0.05) is 0 Å². The molecule has 0 saturated carbocycles. The third kappa shape index (κ3) is 1.76. The first-order valence-electron chi connectivity index (χ1n) is 4.33. The fourth-order valence-corrected chi connectivity index (χ4v) is 1.29. The molecule has 0 radical (unpaired) electrons. The van der Waals surface area contributed by atoms with Gasteiger partial charge in [0, 0.05) is 0 Å². The second-order valence-corrected chi connectivity index (χ2v) is 3.07. The smallest absolute Gasteiger partial charge is 0.335 e. The van der Waals surface area contributed by atoms with Crippen LogP contribution >= 0.6 is 0 Å². The molecule has 1 aliphatic heterocycles. The third-order valence-corrected chi connectivity index (χ3v) is 2.02. The number of aromatic carboxylic acids is 1. The van der Waals surface area contributed by atoms with Gasteiger partial charge in [0.15, 0.2) is 23.9 Å². The SMILES string of the molecule is O=CC1COc2cc(C(=O)O)ccc2O1. The molecule has 0 aromatic heterocycles. The summed E-state index contributed by atoms with van der Waals surface area (Å²) >= 11 is 0. The summed E-state index contributed by atoms with van der Waals surface area (Å²) in [6.07, 6.45) is 0.0294. The van der Waals surface area contributed by atoms with Gasteiger partial charge in [-0.25, -0.2) is 4.79 Å². The number of aldehydes is 1. The molecule has 1 aromatic carbocycles. The van der Waals surface area contributed by atoms with Crippen LogP contribution in [0.15, 0.2) is 18.2 Å². The number of benzene rings is 1. The number of carbonyl (C=O) groups excluding carboxylic acids is 1. The normalized spacial score (nSPS) is 18.3. The lowest BCUT2D eigenvalue weighted by Gasteiger charge is -2.22. The standard InChI is InChI=1S/C10H8O5/c11-4-7-5-14-9-3-6(10(12)13)1-2-8(9)15-7/h1-4,7H,5H2,(H,12,13). The van der Waals surface area contributed by atoms with Gasteiger partial charge in [0.2, 0.25) is 0 Å². The number of rotatable bonds is 2. The molecule has 15 heavy (non-hydrogen) atoms. The molecule has 0 saturated heterocycles. The highest BCUT2D eigenvalue weighted by Crippen LogP contribution is 2.32. The average molecular weight is 208 g/mol. The second-order valence-electron chi connectivity index (χ2n) is 3.07. The molecule has 0 aliphatic carbocycles. The minimum absolute atomic E-state index is 0.111. The number of ether oxygens (including phenoxy) is 2. The number of carboxylic acid groups (broad SMARTS) is 1. The van der Waals surface area contributed by atoms with Gasteiger partial charge in [-0.2, -0.15) is 0 Å². The summed E-state index contributed by atoms with van der Waals surface area (Å²) in [5.74, 6) is -0.282. The van der Waals surface area contributed by atoms with Crippen molar-refractivity contribution < 1.29 is 24.2 Å². The quantitative estimate of drug-likeness (QED) is 0.725. The van der Waals surface area contributed by atoms with Crippen molar-refractivity contribution in [2.75, 3.05) is 6.61 Å². The molecule has 2 rings (SSSR count). The van der Waals surface area contributed by atoms with Crippen LogP contribution in [0.5, 0.6) is 11.5 Å². The summed E-state index contributed by atoms with van der Waals surface area (Å²) in [5.41, 5.74) is 0.127. The van der Waals surface area contributed by atoms with Crippen molar-refractivity contribution in [3.8, 4) is 11.5 Å². The van der Waals surface area contributed by atoms with E-state index in [1.807, 2.05) is 0 Å².